The summed E-state index contributed by atoms with van der Waals surface area (Å²) in [5.74, 6) is -0.840. The van der Waals surface area contributed by atoms with Gasteiger partial charge in [0.05, 0.1) is 4.88 Å². The van der Waals surface area contributed by atoms with E-state index in [9.17, 15) is 18.0 Å². The first-order chi connectivity index (χ1) is 6.29. The van der Waals surface area contributed by atoms with Crippen molar-refractivity contribution in [2.75, 3.05) is 0 Å². The summed E-state index contributed by atoms with van der Waals surface area (Å²) in [4.78, 5) is 12.3. The van der Waals surface area contributed by atoms with E-state index in [0.717, 1.165) is 16.2 Å². The van der Waals surface area contributed by atoms with E-state index in [1.54, 1.807) is 19.9 Å². The molecule has 0 radical (unpaired) electrons. The number of ketones is 1. The van der Waals surface area contributed by atoms with E-state index in [1.165, 1.54) is 0 Å². The molecule has 0 aromatic carbocycles. The number of carbonyl (C=O) groups is 1. The fourth-order valence-corrected chi connectivity index (χ4v) is 2.14. The lowest BCUT2D eigenvalue weighted by Crippen LogP contribution is -2.14. The summed E-state index contributed by atoms with van der Waals surface area (Å²) in [6, 6.07) is 1.72. The van der Waals surface area contributed by atoms with Crippen LogP contribution < -0.4 is 0 Å². The molecule has 0 aliphatic carbocycles. The maximum atomic E-state index is 11.9. The minimum Gasteiger partial charge on any atom is -0.293 e. The Kier molecular flexibility index (Phi) is 2.99. The monoisotopic (exact) mass is 222 g/mol. The molecule has 0 atom stereocenters. The Morgan fingerprint density at radius 2 is 2.00 bits per heavy atom. The highest BCUT2D eigenvalue weighted by Gasteiger charge is 2.32. The second-order valence-electron chi connectivity index (χ2n) is 3.08. The summed E-state index contributed by atoms with van der Waals surface area (Å²) in [5.41, 5.74) is 0.627. The summed E-state index contributed by atoms with van der Waals surface area (Å²) in [7, 11) is 0. The molecule has 0 saturated carbocycles. The van der Waals surface area contributed by atoms with Gasteiger partial charge in [0.15, 0.2) is 5.78 Å². The van der Waals surface area contributed by atoms with E-state index >= 15 is 0 Å². The zero-order chi connectivity index (χ0) is 10.9. The van der Waals surface area contributed by atoms with Crippen LogP contribution in [0.4, 0.5) is 13.2 Å². The van der Waals surface area contributed by atoms with Crippen LogP contribution in [0.15, 0.2) is 6.07 Å². The van der Waals surface area contributed by atoms with Crippen LogP contribution in [0.2, 0.25) is 0 Å². The van der Waals surface area contributed by atoms with Gasteiger partial charge in [0.1, 0.15) is 6.42 Å². The van der Waals surface area contributed by atoms with Gasteiger partial charge in [-0.15, -0.1) is 11.3 Å². The van der Waals surface area contributed by atoms with Crippen LogP contribution in [0.1, 0.15) is 26.5 Å². The minimum absolute atomic E-state index is 0.222. The van der Waals surface area contributed by atoms with E-state index in [1.807, 2.05) is 0 Å². The van der Waals surface area contributed by atoms with E-state index in [-0.39, 0.29) is 4.88 Å². The largest absolute Gasteiger partial charge is 0.396 e. The maximum Gasteiger partial charge on any atom is 0.396 e. The molecule has 78 valence electrons. The third-order valence-corrected chi connectivity index (χ3v) is 2.85. The van der Waals surface area contributed by atoms with Crippen LogP contribution in [-0.4, -0.2) is 12.0 Å². The molecule has 1 rings (SSSR count). The van der Waals surface area contributed by atoms with Crippen LogP contribution in [0.3, 0.4) is 0 Å². The smallest absolute Gasteiger partial charge is 0.293 e. The van der Waals surface area contributed by atoms with Gasteiger partial charge in [-0.2, -0.15) is 13.2 Å². The van der Waals surface area contributed by atoms with Crippen molar-refractivity contribution in [1.82, 2.24) is 0 Å². The molecule has 1 aromatic rings. The van der Waals surface area contributed by atoms with E-state index in [0.29, 0.717) is 5.56 Å². The molecular weight excluding hydrogens is 213 g/mol. The molecule has 1 aromatic heterocycles. The van der Waals surface area contributed by atoms with Crippen LogP contribution in [0.5, 0.6) is 0 Å². The first kappa shape index (κ1) is 11.2. The molecule has 0 aliphatic heterocycles. The Bertz CT molecular complexity index is 351. The number of hydrogen-bond donors (Lipinski definition) is 0. The van der Waals surface area contributed by atoms with Crippen LogP contribution in [0, 0.1) is 13.8 Å². The van der Waals surface area contributed by atoms with Crippen molar-refractivity contribution in [1.29, 1.82) is 0 Å². The van der Waals surface area contributed by atoms with E-state index in [2.05, 4.69) is 0 Å². The van der Waals surface area contributed by atoms with Crippen molar-refractivity contribution in [2.24, 2.45) is 0 Å². The highest BCUT2D eigenvalue weighted by Crippen LogP contribution is 2.27. The van der Waals surface area contributed by atoms with Gasteiger partial charge in [-0.05, 0) is 25.5 Å². The van der Waals surface area contributed by atoms with Gasteiger partial charge in [-0.3, -0.25) is 4.79 Å². The zero-order valence-electron chi connectivity index (χ0n) is 7.73. The molecule has 0 aliphatic rings. The highest BCUT2D eigenvalue weighted by molar-refractivity contribution is 7.14. The lowest BCUT2D eigenvalue weighted by molar-refractivity contribution is -0.125. The summed E-state index contributed by atoms with van der Waals surface area (Å²) >= 11 is 1.11. The maximum absolute atomic E-state index is 11.9. The normalized spacial score (nSPS) is 11.8. The first-order valence-electron chi connectivity index (χ1n) is 3.96. The highest BCUT2D eigenvalue weighted by atomic mass is 32.1. The minimum atomic E-state index is -4.42. The standard InChI is InChI=1S/C9H9F3OS/c1-5-3-6(2)14-8(5)7(13)4-9(10,11)12/h3H,4H2,1-2H3. The Hall–Kier alpha value is -0.840. The Balaban J connectivity index is 2.85. The third-order valence-electron chi connectivity index (χ3n) is 1.66. The second-order valence-corrected chi connectivity index (χ2v) is 4.34. The summed E-state index contributed by atoms with van der Waals surface area (Å²) in [5, 5.41) is 0. The summed E-state index contributed by atoms with van der Waals surface area (Å²) < 4.78 is 35.7. The van der Waals surface area contributed by atoms with Crippen LogP contribution in [0.25, 0.3) is 0 Å². The third kappa shape index (κ3) is 2.83. The van der Waals surface area contributed by atoms with Crippen molar-refractivity contribution in [3.63, 3.8) is 0 Å². The van der Waals surface area contributed by atoms with Crippen molar-refractivity contribution in [2.45, 2.75) is 26.4 Å². The molecule has 0 spiro atoms. The number of halogens is 3. The average molecular weight is 222 g/mol. The predicted molar refractivity (Wildman–Crippen MR) is 48.8 cm³/mol. The second kappa shape index (κ2) is 3.73. The van der Waals surface area contributed by atoms with Gasteiger partial charge < -0.3 is 0 Å². The molecule has 1 heterocycles. The van der Waals surface area contributed by atoms with Gasteiger partial charge in [0.2, 0.25) is 0 Å². The number of alkyl halides is 3. The van der Waals surface area contributed by atoms with Crippen molar-refractivity contribution in [3.8, 4) is 0 Å². The number of aryl methyl sites for hydroxylation is 2. The first-order valence-corrected chi connectivity index (χ1v) is 4.78. The van der Waals surface area contributed by atoms with Crippen LogP contribution >= 0.6 is 11.3 Å². The van der Waals surface area contributed by atoms with Crippen LogP contribution in [-0.2, 0) is 0 Å². The Morgan fingerprint density at radius 1 is 1.43 bits per heavy atom. The summed E-state index contributed by atoms with van der Waals surface area (Å²) in [6.45, 7) is 3.41. The molecule has 0 N–H and O–H groups in total. The molecule has 14 heavy (non-hydrogen) atoms. The molecule has 0 amide bonds. The molecule has 0 saturated heterocycles. The van der Waals surface area contributed by atoms with Gasteiger partial charge in [0, 0.05) is 4.88 Å². The van der Waals surface area contributed by atoms with Crippen molar-refractivity contribution in [3.05, 3.63) is 21.4 Å². The van der Waals surface area contributed by atoms with E-state index in [4.69, 9.17) is 0 Å². The van der Waals surface area contributed by atoms with Gasteiger partial charge in [-0.1, -0.05) is 0 Å². The molecule has 1 nitrogen and oxygen atoms in total. The predicted octanol–water partition coefficient (Wildman–Crippen LogP) is 3.50. The fourth-order valence-electron chi connectivity index (χ4n) is 1.18. The quantitative estimate of drug-likeness (QED) is 0.700. The number of Topliss-reactive ketones (excluding diaryl/α,β-unsaturated/α-hetero) is 1. The summed E-state index contributed by atoms with van der Waals surface area (Å²) in [6.07, 6.45) is -5.78. The Labute approximate surface area is 83.6 Å². The fraction of sp³-hybridized carbons (Fsp3) is 0.444. The van der Waals surface area contributed by atoms with Gasteiger partial charge in [0.25, 0.3) is 0 Å². The molecule has 0 fully saturated rings. The lowest BCUT2D eigenvalue weighted by atomic mass is 10.1. The van der Waals surface area contributed by atoms with Crippen molar-refractivity contribution < 1.29 is 18.0 Å². The topological polar surface area (TPSA) is 17.1 Å². The number of rotatable bonds is 2. The molecule has 0 bridgehead atoms. The number of carbonyl (C=O) groups excluding carboxylic acids is 1. The van der Waals surface area contributed by atoms with Gasteiger partial charge >= 0.3 is 6.18 Å². The SMILES string of the molecule is Cc1cc(C)c(C(=O)CC(F)(F)F)s1. The van der Waals surface area contributed by atoms with Gasteiger partial charge in [-0.25, -0.2) is 0 Å². The molecule has 0 unspecified atom stereocenters. The lowest BCUT2D eigenvalue weighted by Gasteiger charge is -2.03. The number of hydrogen-bond acceptors (Lipinski definition) is 2. The van der Waals surface area contributed by atoms with Crippen molar-refractivity contribution >= 4 is 17.1 Å². The molecule has 5 heteroatoms. The zero-order valence-corrected chi connectivity index (χ0v) is 8.55. The Morgan fingerprint density at radius 3 is 2.36 bits per heavy atom. The van der Waals surface area contributed by atoms with E-state index < -0.39 is 18.4 Å². The number of thiophene rings is 1. The molecular formula is C9H9F3OS. The average Bonchev–Trinajstić information content (AvgIpc) is 2.26.